The highest BCUT2D eigenvalue weighted by molar-refractivity contribution is 5.94. The van der Waals surface area contributed by atoms with Crippen molar-refractivity contribution in [1.29, 1.82) is 0 Å². The molecule has 0 aliphatic carbocycles. The highest BCUT2D eigenvalue weighted by Crippen LogP contribution is 2.35. The minimum atomic E-state index is 0.104. The molecule has 40 heavy (non-hydrogen) atoms. The Labute approximate surface area is 234 Å². The second-order valence-electron chi connectivity index (χ2n) is 9.98. The molecule has 0 N–H and O–H groups in total. The number of hydrogen-bond donors (Lipinski definition) is 0. The quantitative estimate of drug-likeness (QED) is 0.273. The number of methoxy groups -OCH3 is 2. The van der Waals surface area contributed by atoms with Gasteiger partial charge in [0.2, 0.25) is 0 Å². The van der Waals surface area contributed by atoms with Crippen LogP contribution >= 0.6 is 0 Å². The van der Waals surface area contributed by atoms with Crippen molar-refractivity contribution in [2.75, 3.05) is 45.3 Å². The summed E-state index contributed by atoms with van der Waals surface area (Å²) in [4.78, 5) is 21.8. The Hall–Kier alpha value is -4.78. The summed E-state index contributed by atoms with van der Waals surface area (Å²) in [6, 6.07) is 28.3. The Morgan fingerprint density at radius 2 is 1.48 bits per heavy atom. The monoisotopic (exact) mass is 532 g/mol. The average molecular weight is 533 g/mol. The van der Waals surface area contributed by atoms with Crippen LogP contribution in [0.3, 0.4) is 0 Å². The summed E-state index contributed by atoms with van der Waals surface area (Å²) in [7, 11) is 5.37. The normalized spacial score (nSPS) is 13.5. The molecule has 1 fully saturated rings. The van der Waals surface area contributed by atoms with Crippen molar-refractivity contribution >= 4 is 22.5 Å². The number of anilines is 1. The number of carbonyl (C=O) groups excluding carboxylic acids is 1. The van der Waals surface area contributed by atoms with E-state index in [2.05, 4.69) is 52.9 Å². The van der Waals surface area contributed by atoms with Crippen molar-refractivity contribution in [2.45, 2.75) is 0 Å². The summed E-state index contributed by atoms with van der Waals surface area (Å²) in [6.07, 6.45) is 1.94. The van der Waals surface area contributed by atoms with Gasteiger partial charge in [0, 0.05) is 72.9 Å². The van der Waals surface area contributed by atoms with E-state index in [-0.39, 0.29) is 5.91 Å². The largest absolute Gasteiger partial charge is 0.493 e. The van der Waals surface area contributed by atoms with Gasteiger partial charge in [0.15, 0.2) is 11.5 Å². The molecule has 6 rings (SSSR count). The number of fused-ring (bicyclic) bond motifs is 1. The van der Waals surface area contributed by atoms with E-state index in [1.165, 1.54) is 0 Å². The first-order valence-electron chi connectivity index (χ1n) is 13.4. The molecule has 2 aromatic heterocycles. The van der Waals surface area contributed by atoms with Crippen molar-refractivity contribution in [3.8, 4) is 34.0 Å². The topological polar surface area (TPSA) is 59.8 Å². The predicted molar refractivity (Wildman–Crippen MR) is 159 cm³/mol. The lowest BCUT2D eigenvalue weighted by atomic mass is 10.1. The Bertz CT molecular complexity index is 1650. The second kappa shape index (κ2) is 10.8. The standard InChI is InChI=1S/C33H32N4O3/c1-35-29(25-11-14-31(39-2)32(20-25)40-3)19-26-22-34-28(21-30(26)35)23-9-12-27(13-10-23)36-15-17-37(18-16-36)33(38)24-7-5-4-6-8-24/h4-14,19-22H,15-18H2,1-3H3. The first-order chi connectivity index (χ1) is 19.6. The van der Waals surface area contributed by atoms with Crippen LogP contribution in [0.1, 0.15) is 10.4 Å². The van der Waals surface area contributed by atoms with Gasteiger partial charge in [-0.15, -0.1) is 0 Å². The summed E-state index contributed by atoms with van der Waals surface area (Å²) in [5, 5.41) is 1.08. The van der Waals surface area contributed by atoms with Gasteiger partial charge >= 0.3 is 0 Å². The van der Waals surface area contributed by atoms with Crippen LogP contribution in [0, 0.1) is 0 Å². The molecule has 0 spiro atoms. The number of piperazine rings is 1. The molecule has 202 valence electrons. The third-order valence-electron chi connectivity index (χ3n) is 7.72. The predicted octanol–water partition coefficient (Wildman–Crippen LogP) is 5.89. The lowest BCUT2D eigenvalue weighted by Crippen LogP contribution is -2.48. The zero-order valence-corrected chi connectivity index (χ0v) is 23.0. The fourth-order valence-electron chi connectivity index (χ4n) is 5.44. The number of pyridine rings is 1. The Balaban J connectivity index is 1.18. The SMILES string of the molecule is COc1ccc(-c2cc3cnc(-c4ccc(N5CCN(C(=O)c6ccccc6)CC5)cc4)cc3n2C)cc1OC. The first kappa shape index (κ1) is 25.5. The molecule has 1 saturated heterocycles. The van der Waals surface area contributed by atoms with Gasteiger partial charge in [-0.1, -0.05) is 30.3 Å². The second-order valence-corrected chi connectivity index (χ2v) is 9.98. The number of nitrogens with zero attached hydrogens (tertiary/aromatic N) is 4. The molecule has 0 unspecified atom stereocenters. The van der Waals surface area contributed by atoms with Crippen LogP contribution in [-0.4, -0.2) is 60.8 Å². The third kappa shape index (κ3) is 4.75. The first-order valence-corrected chi connectivity index (χ1v) is 13.4. The van der Waals surface area contributed by atoms with E-state index in [1.54, 1.807) is 14.2 Å². The van der Waals surface area contributed by atoms with Crippen molar-refractivity contribution < 1.29 is 14.3 Å². The van der Waals surface area contributed by atoms with Gasteiger partial charge in [0.25, 0.3) is 5.91 Å². The summed E-state index contributed by atoms with van der Waals surface area (Å²) in [6.45, 7) is 3.04. The molecule has 0 atom stereocenters. The fourth-order valence-corrected chi connectivity index (χ4v) is 5.44. The molecule has 1 aliphatic rings. The maximum atomic E-state index is 12.8. The Kier molecular flexibility index (Phi) is 6.86. The zero-order chi connectivity index (χ0) is 27.6. The molecule has 0 saturated carbocycles. The number of amides is 1. The highest BCUT2D eigenvalue weighted by atomic mass is 16.5. The smallest absolute Gasteiger partial charge is 0.253 e. The zero-order valence-electron chi connectivity index (χ0n) is 23.0. The number of benzene rings is 3. The molecule has 1 aliphatic heterocycles. The average Bonchev–Trinajstić information content (AvgIpc) is 3.36. The summed E-state index contributed by atoms with van der Waals surface area (Å²) >= 11 is 0. The summed E-state index contributed by atoms with van der Waals surface area (Å²) in [5.74, 6) is 1.51. The van der Waals surface area contributed by atoms with E-state index >= 15 is 0 Å². The number of hydrogen-bond acceptors (Lipinski definition) is 5. The van der Waals surface area contributed by atoms with Crippen LogP contribution in [0.15, 0.2) is 91.1 Å². The minimum absolute atomic E-state index is 0.104. The molecule has 0 bridgehead atoms. The minimum Gasteiger partial charge on any atom is -0.493 e. The molecule has 0 radical (unpaired) electrons. The van der Waals surface area contributed by atoms with Gasteiger partial charge in [-0.2, -0.15) is 0 Å². The van der Waals surface area contributed by atoms with E-state index in [1.807, 2.05) is 59.6 Å². The number of aromatic nitrogens is 2. The molecule has 7 heteroatoms. The molecule has 3 heterocycles. The van der Waals surface area contributed by atoms with Gasteiger partial charge in [-0.25, -0.2) is 0 Å². The van der Waals surface area contributed by atoms with Crippen molar-refractivity contribution in [3.63, 3.8) is 0 Å². The number of ether oxygens (including phenoxy) is 2. The van der Waals surface area contributed by atoms with Crippen LogP contribution in [0.25, 0.3) is 33.4 Å². The van der Waals surface area contributed by atoms with Gasteiger partial charge in [-0.05, 0) is 54.6 Å². The van der Waals surface area contributed by atoms with Crippen LogP contribution in [0.4, 0.5) is 5.69 Å². The fraction of sp³-hybridized carbons (Fsp3) is 0.212. The van der Waals surface area contributed by atoms with E-state index in [0.29, 0.717) is 24.6 Å². The van der Waals surface area contributed by atoms with Crippen LogP contribution in [0.5, 0.6) is 11.5 Å². The Morgan fingerprint density at radius 3 is 2.17 bits per heavy atom. The van der Waals surface area contributed by atoms with Crippen LogP contribution in [-0.2, 0) is 7.05 Å². The molecule has 5 aromatic rings. The Morgan fingerprint density at radius 1 is 0.775 bits per heavy atom. The lowest BCUT2D eigenvalue weighted by Gasteiger charge is -2.36. The van der Waals surface area contributed by atoms with Crippen molar-refractivity contribution in [1.82, 2.24) is 14.5 Å². The maximum absolute atomic E-state index is 12.8. The van der Waals surface area contributed by atoms with Gasteiger partial charge in [-0.3, -0.25) is 9.78 Å². The van der Waals surface area contributed by atoms with E-state index in [4.69, 9.17) is 14.5 Å². The highest BCUT2D eigenvalue weighted by Gasteiger charge is 2.22. The number of aryl methyl sites for hydroxylation is 1. The van der Waals surface area contributed by atoms with E-state index in [9.17, 15) is 4.79 Å². The van der Waals surface area contributed by atoms with Crippen LogP contribution < -0.4 is 14.4 Å². The van der Waals surface area contributed by atoms with Gasteiger partial charge < -0.3 is 23.8 Å². The summed E-state index contributed by atoms with van der Waals surface area (Å²) in [5.41, 5.74) is 7.14. The van der Waals surface area contributed by atoms with E-state index in [0.717, 1.165) is 57.8 Å². The molecular formula is C33H32N4O3. The van der Waals surface area contributed by atoms with Crippen LogP contribution in [0.2, 0.25) is 0 Å². The molecule has 7 nitrogen and oxygen atoms in total. The van der Waals surface area contributed by atoms with E-state index < -0.39 is 0 Å². The molecular weight excluding hydrogens is 500 g/mol. The third-order valence-corrected chi connectivity index (χ3v) is 7.72. The number of rotatable bonds is 6. The van der Waals surface area contributed by atoms with Gasteiger partial charge in [0.05, 0.1) is 25.4 Å². The molecule has 3 aromatic carbocycles. The lowest BCUT2D eigenvalue weighted by molar-refractivity contribution is 0.0747. The summed E-state index contributed by atoms with van der Waals surface area (Å²) < 4.78 is 13.1. The van der Waals surface area contributed by atoms with Gasteiger partial charge in [0.1, 0.15) is 0 Å². The maximum Gasteiger partial charge on any atom is 0.253 e. The molecule has 1 amide bonds. The van der Waals surface area contributed by atoms with Crippen molar-refractivity contribution in [2.24, 2.45) is 7.05 Å². The van der Waals surface area contributed by atoms with Crippen molar-refractivity contribution in [3.05, 3.63) is 96.7 Å². The number of carbonyl (C=O) groups is 1.